The number of rotatable bonds is 3. The molecule has 0 radical (unpaired) electrons. The Labute approximate surface area is 125 Å². The van der Waals surface area contributed by atoms with Crippen LogP contribution in [0.1, 0.15) is 18.4 Å². The number of nitrogens with one attached hydrogen (secondary N) is 1. The Morgan fingerprint density at radius 2 is 2.15 bits per heavy atom. The molecule has 0 spiro atoms. The summed E-state index contributed by atoms with van der Waals surface area (Å²) in [6.45, 7) is 0.135. The molecule has 1 fully saturated rings. The first kappa shape index (κ1) is 15.1. The second-order valence-corrected chi connectivity index (χ2v) is 5.37. The van der Waals surface area contributed by atoms with Crippen LogP contribution in [0, 0.1) is 5.82 Å². The Hall–Kier alpha value is -1.33. The molecule has 7 heteroatoms. The van der Waals surface area contributed by atoms with Gasteiger partial charge in [0.25, 0.3) is 0 Å². The summed E-state index contributed by atoms with van der Waals surface area (Å²) in [5.74, 6) is -0.907. The molecule has 2 amide bonds. The maximum atomic E-state index is 13.2. The van der Waals surface area contributed by atoms with E-state index in [2.05, 4.69) is 5.32 Å². The molecule has 0 unspecified atom stereocenters. The molecule has 1 aromatic carbocycles. The van der Waals surface area contributed by atoms with Crippen molar-refractivity contribution in [3.8, 4) is 0 Å². The van der Waals surface area contributed by atoms with Crippen LogP contribution in [-0.4, -0.2) is 29.8 Å². The van der Waals surface area contributed by atoms with Crippen LogP contribution in [0.4, 0.5) is 4.39 Å². The summed E-state index contributed by atoms with van der Waals surface area (Å²) in [6.07, 6.45) is 0.872. The molecule has 1 aromatic rings. The zero-order valence-corrected chi connectivity index (χ0v) is 12.3. The van der Waals surface area contributed by atoms with Gasteiger partial charge >= 0.3 is 0 Å². The lowest BCUT2D eigenvalue weighted by Gasteiger charge is -2.19. The van der Waals surface area contributed by atoms with Crippen LogP contribution >= 0.6 is 23.2 Å². The number of carbonyl (C=O) groups is 2. The van der Waals surface area contributed by atoms with E-state index in [0.29, 0.717) is 18.4 Å². The third kappa shape index (κ3) is 2.88. The molecule has 1 aliphatic heterocycles. The minimum Gasteiger partial charge on any atom is -0.350 e. The Morgan fingerprint density at radius 3 is 2.75 bits per heavy atom. The van der Waals surface area contributed by atoms with E-state index < -0.39 is 11.9 Å². The number of carbonyl (C=O) groups excluding carboxylic acids is 2. The third-order valence-electron chi connectivity index (χ3n) is 3.36. The Kier molecular flexibility index (Phi) is 4.50. The summed E-state index contributed by atoms with van der Waals surface area (Å²) < 4.78 is 13.2. The summed E-state index contributed by atoms with van der Waals surface area (Å²) in [4.78, 5) is 24.8. The van der Waals surface area contributed by atoms with Gasteiger partial charge in [-0.15, -0.1) is 0 Å². The average Bonchev–Trinajstić information content (AvgIpc) is 2.75. The molecular formula is C13H13Cl2FN2O2. The topological polar surface area (TPSA) is 49.4 Å². The minimum atomic E-state index is -0.604. The second kappa shape index (κ2) is 5.97. The Morgan fingerprint density at radius 1 is 1.45 bits per heavy atom. The van der Waals surface area contributed by atoms with E-state index in [1.54, 1.807) is 7.05 Å². The molecule has 0 bridgehead atoms. The molecule has 2 rings (SSSR count). The maximum absolute atomic E-state index is 13.2. The summed E-state index contributed by atoms with van der Waals surface area (Å²) in [5, 5.41) is 2.61. The van der Waals surface area contributed by atoms with E-state index in [4.69, 9.17) is 23.2 Å². The highest BCUT2D eigenvalue weighted by atomic mass is 35.5. The van der Waals surface area contributed by atoms with Gasteiger partial charge in [-0.3, -0.25) is 9.59 Å². The quantitative estimate of drug-likeness (QED) is 0.870. The average molecular weight is 319 g/mol. The maximum Gasteiger partial charge on any atom is 0.243 e. The molecule has 4 nitrogen and oxygen atoms in total. The van der Waals surface area contributed by atoms with Crippen molar-refractivity contribution < 1.29 is 14.0 Å². The van der Waals surface area contributed by atoms with Gasteiger partial charge in [0.15, 0.2) is 0 Å². The predicted molar refractivity (Wildman–Crippen MR) is 74.1 cm³/mol. The van der Waals surface area contributed by atoms with Crippen molar-refractivity contribution >= 4 is 35.0 Å². The van der Waals surface area contributed by atoms with E-state index >= 15 is 0 Å². The van der Waals surface area contributed by atoms with Crippen molar-refractivity contribution in [3.05, 3.63) is 33.6 Å². The van der Waals surface area contributed by atoms with Gasteiger partial charge in [0.2, 0.25) is 11.8 Å². The van der Waals surface area contributed by atoms with Gasteiger partial charge in [0.1, 0.15) is 11.9 Å². The van der Waals surface area contributed by atoms with Gasteiger partial charge in [-0.25, -0.2) is 4.39 Å². The van der Waals surface area contributed by atoms with Crippen molar-refractivity contribution in [3.63, 3.8) is 0 Å². The van der Waals surface area contributed by atoms with E-state index in [-0.39, 0.29) is 28.4 Å². The van der Waals surface area contributed by atoms with Crippen molar-refractivity contribution in [1.29, 1.82) is 0 Å². The van der Waals surface area contributed by atoms with E-state index in [0.717, 1.165) is 0 Å². The predicted octanol–water partition coefficient (Wildman–Crippen LogP) is 2.37. The molecular weight excluding hydrogens is 306 g/mol. The van der Waals surface area contributed by atoms with Crippen LogP contribution in [0.2, 0.25) is 10.0 Å². The van der Waals surface area contributed by atoms with Gasteiger partial charge in [-0.2, -0.15) is 0 Å². The second-order valence-electron chi connectivity index (χ2n) is 4.61. The molecule has 20 heavy (non-hydrogen) atoms. The molecule has 1 heterocycles. The normalized spacial score (nSPS) is 18.5. The van der Waals surface area contributed by atoms with Crippen LogP contribution < -0.4 is 5.32 Å². The van der Waals surface area contributed by atoms with Crippen molar-refractivity contribution in [1.82, 2.24) is 10.2 Å². The summed E-state index contributed by atoms with van der Waals surface area (Å²) in [6, 6.07) is 2.20. The number of benzene rings is 1. The van der Waals surface area contributed by atoms with Crippen molar-refractivity contribution in [2.75, 3.05) is 7.05 Å². The highest BCUT2D eigenvalue weighted by molar-refractivity contribution is 6.42. The third-order valence-corrected chi connectivity index (χ3v) is 4.26. The molecule has 1 aliphatic rings. The lowest BCUT2D eigenvalue weighted by Crippen LogP contribution is -2.42. The molecule has 108 valence electrons. The molecule has 1 atom stereocenters. The van der Waals surface area contributed by atoms with Crippen molar-refractivity contribution in [2.24, 2.45) is 0 Å². The highest BCUT2D eigenvalue weighted by Crippen LogP contribution is 2.28. The highest BCUT2D eigenvalue weighted by Gasteiger charge is 2.32. The first-order valence-corrected chi connectivity index (χ1v) is 6.83. The monoisotopic (exact) mass is 318 g/mol. The number of amides is 2. The summed E-state index contributed by atoms with van der Waals surface area (Å²) in [5.41, 5.74) is 0.526. The fraction of sp³-hybridized carbons (Fsp3) is 0.385. The number of hydrogen-bond donors (Lipinski definition) is 1. The molecule has 0 saturated carbocycles. The molecule has 1 saturated heterocycles. The SMILES string of the molecule is CN1C(=O)CC[C@H]1C(=O)NCc1ccc(F)c(Cl)c1Cl. The first-order valence-electron chi connectivity index (χ1n) is 6.07. The van der Waals surface area contributed by atoms with Crippen LogP contribution in [0.5, 0.6) is 0 Å². The standard InChI is InChI=1S/C13H13Cl2FN2O2/c1-18-9(4-5-10(18)19)13(20)17-6-7-2-3-8(16)12(15)11(7)14/h2-3,9H,4-6H2,1H3,(H,17,20)/t9-/m0/s1. The molecule has 0 aliphatic carbocycles. The number of likely N-dealkylation sites (tertiary alicyclic amines) is 1. The lowest BCUT2D eigenvalue weighted by atomic mass is 10.2. The zero-order chi connectivity index (χ0) is 14.9. The zero-order valence-electron chi connectivity index (χ0n) is 10.8. The lowest BCUT2D eigenvalue weighted by molar-refractivity contribution is -0.133. The smallest absolute Gasteiger partial charge is 0.243 e. The minimum absolute atomic E-state index is 0.0481. The molecule has 1 N–H and O–H groups in total. The summed E-state index contributed by atoms with van der Waals surface area (Å²) in [7, 11) is 1.60. The van der Waals surface area contributed by atoms with Crippen LogP contribution in [-0.2, 0) is 16.1 Å². The van der Waals surface area contributed by atoms with E-state index in [9.17, 15) is 14.0 Å². The Balaban J connectivity index is 2.01. The fourth-order valence-corrected chi connectivity index (χ4v) is 2.52. The van der Waals surface area contributed by atoms with Gasteiger partial charge in [-0.1, -0.05) is 29.3 Å². The fourth-order valence-electron chi connectivity index (χ4n) is 2.11. The van der Waals surface area contributed by atoms with Crippen LogP contribution in [0.25, 0.3) is 0 Å². The number of nitrogens with zero attached hydrogens (tertiary/aromatic N) is 1. The van der Waals surface area contributed by atoms with E-state index in [1.807, 2.05) is 0 Å². The summed E-state index contributed by atoms with van der Waals surface area (Å²) >= 11 is 11.6. The van der Waals surface area contributed by atoms with E-state index in [1.165, 1.54) is 17.0 Å². The first-order chi connectivity index (χ1) is 9.41. The Bertz CT molecular complexity index is 566. The van der Waals surface area contributed by atoms with Crippen LogP contribution in [0.3, 0.4) is 0 Å². The van der Waals surface area contributed by atoms with Gasteiger partial charge in [0, 0.05) is 20.0 Å². The largest absolute Gasteiger partial charge is 0.350 e. The van der Waals surface area contributed by atoms with Crippen LogP contribution in [0.15, 0.2) is 12.1 Å². The number of hydrogen-bond acceptors (Lipinski definition) is 2. The van der Waals surface area contributed by atoms with Gasteiger partial charge < -0.3 is 10.2 Å². The number of halogens is 3. The molecule has 0 aromatic heterocycles. The van der Waals surface area contributed by atoms with Gasteiger partial charge in [0.05, 0.1) is 10.0 Å². The van der Waals surface area contributed by atoms with Gasteiger partial charge in [-0.05, 0) is 18.1 Å². The number of likely N-dealkylation sites (N-methyl/N-ethyl adjacent to an activating group) is 1. The van der Waals surface area contributed by atoms with Crippen molar-refractivity contribution in [2.45, 2.75) is 25.4 Å².